The first kappa shape index (κ1) is 33.9. The Morgan fingerprint density at radius 1 is 0.509 bits per heavy atom. The number of nitrogens with zero attached hydrogens (tertiary/aromatic N) is 1. The van der Waals surface area contributed by atoms with E-state index in [-0.39, 0.29) is 5.41 Å². The molecule has 7 aromatic rings. The molecule has 0 saturated heterocycles. The Bertz CT molecular complexity index is 2550. The molecule has 0 radical (unpaired) electrons. The highest BCUT2D eigenvalue weighted by Crippen LogP contribution is 2.62. The van der Waals surface area contributed by atoms with Crippen LogP contribution in [0.15, 0.2) is 182 Å². The van der Waals surface area contributed by atoms with E-state index in [0.29, 0.717) is 11.8 Å². The van der Waals surface area contributed by atoms with Gasteiger partial charge in [0.05, 0.1) is 5.69 Å². The molecule has 2 bridgehead atoms. The van der Waals surface area contributed by atoms with E-state index >= 15 is 0 Å². The second kappa shape index (κ2) is 13.6. The number of rotatable bonds is 6. The van der Waals surface area contributed by atoms with Crippen LogP contribution in [0.5, 0.6) is 0 Å². The zero-order chi connectivity index (χ0) is 37.1. The molecule has 0 aliphatic heterocycles. The highest BCUT2D eigenvalue weighted by Gasteiger charge is 2.52. The van der Waals surface area contributed by atoms with Gasteiger partial charge < -0.3 is 4.90 Å². The molecule has 3 aliphatic carbocycles. The Morgan fingerprint density at radius 2 is 1.11 bits per heavy atom. The lowest BCUT2D eigenvalue weighted by atomic mass is 9.55. The number of hydrogen-bond donors (Lipinski definition) is 0. The molecule has 0 heterocycles. The van der Waals surface area contributed by atoms with Crippen molar-refractivity contribution < 1.29 is 0 Å². The Kier molecular flexibility index (Phi) is 8.38. The van der Waals surface area contributed by atoms with E-state index in [2.05, 4.69) is 195 Å². The van der Waals surface area contributed by atoms with E-state index in [1.807, 2.05) is 0 Å². The monoisotopic (exact) mass is 729 g/mol. The van der Waals surface area contributed by atoms with Gasteiger partial charge in [-0.25, -0.2) is 0 Å². The predicted molar refractivity (Wildman–Crippen MR) is 232 cm³/mol. The summed E-state index contributed by atoms with van der Waals surface area (Å²) in [6.07, 6.45) is 6.49. The lowest BCUT2D eigenvalue weighted by Gasteiger charge is -2.49. The first-order valence-electron chi connectivity index (χ1n) is 19.8. The molecule has 1 fully saturated rings. The highest BCUT2D eigenvalue weighted by atomic mass is 35.5. The van der Waals surface area contributed by atoms with Gasteiger partial charge in [-0.15, -0.1) is 0 Å². The summed E-state index contributed by atoms with van der Waals surface area (Å²) in [5.74, 6) is 2.00. The maximum atomic E-state index is 6.69. The number of para-hydroxylation sites is 1. The molecule has 2 heteroatoms. The highest BCUT2D eigenvalue weighted by molar-refractivity contribution is 6.31. The summed E-state index contributed by atoms with van der Waals surface area (Å²) in [5.41, 5.74) is 17.6. The number of benzene rings is 7. The third-order valence-corrected chi connectivity index (χ3v) is 13.0. The summed E-state index contributed by atoms with van der Waals surface area (Å²) in [6.45, 7) is 4.84. The fourth-order valence-corrected chi connectivity index (χ4v) is 10.4. The molecular formula is C53H44ClN. The first-order chi connectivity index (χ1) is 27.0. The Balaban J connectivity index is 1.08. The van der Waals surface area contributed by atoms with Gasteiger partial charge in [-0.2, -0.15) is 0 Å². The van der Waals surface area contributed by atoms with Crippen molar-refractivity contribution >= 4 is 28.7 Å². The average molecular weight is 730 g/mol. The third-order valence-electron chi connectivity index (χ3n) is 12.8. The van der Waals surface area contributed by atoms with Crippen molar-refractivity contribution in [2.45, 2.75) is 38.5 Å². The van der Waals surface area contributed by atoms with Gasteiger partial charge in [0, 0.05) is 27.4 Å². The fraction of sp³-hybridized carbons (Fsp3) is 0.170. The second-order valence-electron chi connectivity index (χ2n) is 16.1. The van der Waals surface area contributed by atoms with Crippen molar-refractivity contribution in [1.29, 1.82) is 0 Å². The predicted octanol–water partition coefficient (Wildman–Crippen LogP) is 15.1. The number of halogens is 1. The maximum absolute atomic E-state index is 6.69. The molecule has 3 aliphatic rings. The number of allylic oxidation sites excluding steroid dienone is 2. The van der Waals surface area contributed by atoms with Gasteiger partial charge in [-0.3, -0.25) is 0 Å². The second-order valence-corrected chi connectivity index (χ2v) is 16.5. The molecule has 4 unspecified atom stereocenters. The molecule has 55 heavy (non-hydrogen) atoms. The van der Waals surface area contributed by atoms with Crippen LogP contribution in [0.25, 0.3) is 44.5 Å². The minimum atomic E-state index is -0.121. The largest absolute Gasteiger partial charge is 0.310 e. The van der Waals surface area contributed by atoms with Crippen LogP contribution in [0.2, 0.25) is 5.02 Å². The van der Waals surface area contributed by atoms with Crippen LogP contribution < -0.4 is 4.90 Å². The zero-order valence-electron chi connectivity index (χ0n) is 31.4. The Labute approximate surface area is 330 Å². The molecule has 1 saturated carbocycles. The minimum Gasteiger partial charge on any atom is -0.310 e. The lowest BCUT2D eigenvalue weighted by molar-refractivity contribution is 0.168. The van der Waals surface area contributed by atoms with E-state index in [4.69, 9.17) is 11.6 Å². The van der Waals surface area contributed by atoms with Crippen molar-refractivity contribution in [2.75, 3.05) is 4.90 Å². The standard InChI is InChI=1S/C53H44ClN/c1-35-29-42-31-43(30-35)53(34-36(42)2)50-28-22-44(54)33-49(50)48-27-21-41(32-51(48)53)39-19-25-46(26-20-39)55(45-23-17-38(18-24-45)37-11-5-3-6-12-37)52-16-10-9-15-47(52)40-13-7-4-8-14-40/h3-28,32-35,42-43H,29-31H2,1-2H3. The van der Waals surface area contributed by atoms with Crippen LogP contribution in [-0.2, 0) is 5.41 Å². The normalized spacial score (nSPS) is 20.8. The van der Waals surface area contributed by atoms with Crippen molar-refractivity contribution in [3.63, 3.8) is 0 Å². The molecule has 268 valence electrons. The van der Waals surface area contributed by atoms with E-state index in [0.717, 1.165) is 28.0 Å². The van der Waals surface area contributed by atoms with Crippen LogP contribution >= 0.6 is 11.6 Å². The summed E-state index contributed by atoms with van der Waals surface area (Å²) >= 11 is 6.69. The van der Waals surface area contributed by atoms with Gasteiger partial charge in [0.2, 0.25) is 0 Å². The number of hydrogen-bond acceptors (Lipinski definition) is 1. The molecule has 7 aromatic carbocycles. The number of fused-ring (bicyclic) bond motifs is 8. The van der Waals surface area contributed by atoms with Crippen LogP contribution in [0, 0.1) is 17.8 Å². The first-order valence-corrected chi connectivity index (χ1v) is 20.2. The molecule has 10 rings (SSSR count). The van der Waals surface area contributed by atoms with Crippen LogP contribution in [0.4, 0.5) is 17.1 Å². The fourth-order valence-electron chi connectivity index (χ4n) is 10.3. The van der Waals surface area contributed by atoms with Crippen molar-refractivity contribution in [3.05, 3.63) is 198 Å². The van der Waals surface area contributed by atoms with E-state index in [9.17, 15) is 0 Å². The van der Waals surface area contributed by atoms with Crippen molar-refractivity contribution in [1.82, 2.24) is 0 Å². The SMILES string of the molecule is CC1=CC2(c3ccc(Cl)cc3-c3ccc(-c4ccc(N(c5ccc(-c6ccccc6)cc5)c5ccccc5-c5ccccc5)cc4)cc32)C2CC(C)CC1C2. The smallest absolute Gasteiger partial charge is 0.0540 e. The molecule has 0 aromatic heterocycles. The molecule has 4 atom stereocenters. The summed E-state index contributed by atoms with van der Waals surface area (Å²) in [4.78, 5) is 2.40. The van der Waals surface area contributed by atoms with E-state index < -0.39 is 0 Å². The van der Waals surface area contributed by atoms with Gasteiger partial charge in [0.1, 0.15) is 0 Å². The molecule has 0 amide bonds. The summed E-state index contributed by atoms with van der Waals surface area (Å²) in [5, 5.41) is 0.806. The molecule has 1 spiro atoms. The summed E-state index contributed by atoms with van der Waals surface area (Å²) < 4.78 is 0. The lowest BCUT2D eigenvalue weighted by Crippen LogP contribution is -2.42. The van der Waals surface area contributed by atoms with Crippen LogP contribution in [0.1, 0.15) is 44.2 Å². The minimum absolute atomic E-state index is 0.121. The average Bonchev–Trinajstić information content (AvgIpc) is 3.49. The van der Waals surface area contributed by atoms with E-state index in [1.165, 1.54) is 74.9 Å². The van der Waals surface area contributed by atoms with Gasteiger partial charge in [0.15, 0.2) is 0 Å². The molecule has 0 N–H and O–H groups in total. The molecule has 1 nitrogen and oxygen atoms in total. The zero-order valence-corrected chi connectivity index (χ0v) is 32.2. The van der Waals surface area contributed by atoms with Crippen LogP contribution in [0.3, 0.4) is 0 Å². The quantitative estimate of drug-likeness (QED) is 0.154. The van der Waals surface area contributed by atoms with Gasteiger partial charge in [-0.05, 0) is 143 Å². The van der Waals surface area contributed by atoms with Gasteiger partial charge in [0.25, 0.3) is 0 Å². The molecular weight excluding hydrogens is 686 g/mol. The third kappa shape index (κ3) is 5.76. The Morgan fingerprint density at radius 3 is 1.82 bits per heavy atom. The Hall–Kier alpha value is -5.63. The summed E-state index contributed by atoms with van der Waals surface area (Å²) in [7, 11) is 0. The topological polar surface area (TPSA) is 3.24 Å². The van der Waals surface area contributed by atoms with Crippen molar-refractivity contribution in [2.24, 2.45) is 17.8 Å². The summed E-state index contributed by atoms with van der Waals surface area (Å²) in [6, 6.07) is 62.0. The van der Waals surface area contributed by atoms with E-state index in [1.54, 1.807) is 5.57 Å². The maximum Gasteiger partial charge on any atom is 0.0540 e. The van der Waals surface area contributed by atoms with Gasteiger partial charge >= 0.3 is 0 Å². The number of anilines is 3. The van der Waals surface area contributed by atoms with Crippen molar-refractivity contribution in [3.8, 4) is 44.5 Å². The van der Waals surface area contributed by atoms with Crippen LogP contribution in [-0.4, -0.2) is 0 Å². The van der Waals surface area contributed by atoms with Gasteiger partial charge in [-0.1, -0.05) is 152 Å².